The number of fused-ring (bicyclic) bond motifs is 1. The molecule has 4 nitrogen and oxygen atoms in total. The molecule has 1 N–H and O–H groups in total. The first-order chi connectivity index (χ1) is 15.6. The Bertz CT molecular complexity index is 1470. The van der Waals surface area contributed by atoms with Gasteiger partial charge in [0, 0.05) is 22.2 Å². The number of hydrogen-bond donors (Lipinski definition) is 1. The van der Waals surface area contributed by atoms with Crippen LogP contribution in [0.15, 0.2) is 95.8 Å². The summed E-state index contributed by atoms with van der Waals surface area (Å²) in [5.41, 5.74) is 6.88. The number of nitrogens with one attached hydrogen (secondary N) is 1. The molecule has 0 aliphatic rings. The normalized spacial score (nSPS) is 10.9. The highest BCUT2D eigenvalue weighted by Crippen LogP contribution is 2.30. The van der Waals surface area contributed by atoms with Gasteiger partial charge in [0.25, 0.3) is 5.56 Å². The number of pyridine rings is 2. The maximum Gasteiger partial charge on any atom is 0.256 e. The minimum Gasteiger partial charge on any atom is -0.497 e. The van der Waals surface area contributed by atoms with Crippen LogP contribution in [0.25, 0.3) is 44.5 Å². The van der Waals surface area contributed by atoms with E-state index in [1.165, 1.54) is 0 Å². The van der Waals surface area contributed by atoms with Gasteiger partial charge in [-0.3, -0.25) is 4.79 Å². The number of aromatic nitrogens is 2. The Morgan fingerprint density at radius 2 is 1.44 bits per heavy atom. The number of methoxy groups -OCH3 is 1. The SMILES string of the molecule is COc1ccc(-c2cc(-c3cc4cc(C)ccc4[nH]c3=O)cc(-c3ccccc3)n2)cc1. The molecule has 3 aromatic carbocycles. The van der Waals surface area contributed by atoms with Crippen LogP contribution in [-0.2, 0) is 0 Å². The zero-order valence-corrected chi connectivity index (χ0v) is 17.9. The van der Waals surface area contributed by atoms with E-state index in [4.69, 9.17) is 9.72 Å². The molecular formula is C28H22N2O2. The molecule has 0 fully saturated rings. The van der Waals surface area contributed by atoms with Crippen LogP contribution in [0.4, 0.5) is 0 Å². The van der Waals surface area contributed by atoms with Gasteiger partial charge in [0.15, 0.2) is 0 Å². The lowest BCUT2D eigenvalue weighted by molar-refractivity contribution is 0.415. The van der Waals surface area contributed by atoms with Crippen molar-refractivity contribution in [2.45, 2.75) is 6.92 Å². The van der Waals surface area contributed by atoms with Crippen LogP contribution in [0.3, 0.4) is 0 Å². The molecule has 32 heavy (non-hydrogen) atoms. The molecule has 2 heterocycles. The molecule has 0 bridgehead atoms. The first kappa shape index (κ1) is 19.8. The summed E-state index contributed by atoms with van der Waals surface area (Å²) in [7, 11) is 1.65. The van der Waals surface area contributed by atoms with Crippen LogP contribution in [-0.4, -0.2) is 17.1 Å². The number of aromatic amines is 1. The molecule has 0 amide bonds. The molecule has 5 rings (SSSR count). The van der Waals surface area contributed by atoms with Crippen LogP contribution >= 0.6 is 0 Å². The van der Waals surface area contributed by atoms with E-state index in [1.807, 2.05) is 91.9 Å². The summed E-state index contributed by atoms with van der Waals surface area (Å²) in [5.74, 6) is 0.787. The number of nitrogens with zero attached hydrogens (tertiary/aromatic N) is 1. The largest absolute Gasteiger partial charge is 0.497 e. The monoisotopic (exact) mass is 418 g/mol. The molecule has 0 spiro atoms. The van der Waals surface area contributed by atoms with Gasteiger partial charge in [-0.05, 0) is 72.5 Å². The lowest BCUT2D eigenvalue weighted by Crippen LogP contribution is -2.09. The third-order valence-electron chi connectivity index (χ3n) is 5.59. The van der Waals surface area contributed by atoms with Gasteiger partial charge in [-0.2, -0.15) is 0 Å². The zero-order chi connectivity index (χ0) is 22.1. The Kier molecular flexibility index (Phi) is 5.04. The van der Waals surface area contributed by atoms with Gasteiger partial charge in [0.1, 0.15) is 5.75 Å². The molecule has 2 aromatic heterocycles. The first-order valence-electron chi connectivity index (χ1n) is 10.5. The predicted molar refractivity (Wildman–Crippen MR) is 130 cm³/mol. The molecule has 0 radical (unpaired) electrons. The van der Waals surface area contributed by atoms with Gasteiger partial charge in [-0.25, -0.2) is 4.98 Å². The summed E-state index contributed by atoms with van der Waals surface area (Å²) < 4.78 is 5.29. The fourth-order valence-corrected chi connectivity index (χ4v) is 3.89. The van der Waals surface area contributed by atoms with E-state index in [1.54, 1.807) is 7.11 Å². The lowest BCUT2D eigenvalue weighted by atomic mass is 9.99. The maximum atomic E-state index is 13.0. The number of H-pyrrole nitrogens is 1. The average molecular weight is 418 g/mol. The summed E-state index contributed by atoms with van der Waals surface area (Å²) in [4.78, 5) is 20.9. The van der Waals surface area contributed by atoms with Crippen LogP contribution < -0.4 is 10.3 Å². The van der Waals surface area contributed by atoms with Crippen LogP contribution in [0.1, 0.15) is 5.56 Å². The number of ether oxygens (including phenoxy) is 1. The molecular weight excluding hydrogens is 396 g/mol. The standard InChI is InChI=1S/C28H22N2O2/c1-18-8-13-25-22(14-18)15-24(28(31)30-25)21-16-26(19-6-4-3-5-7-19)29-27(17-21)20-9-11-23(32-2)12-10-20/h3-17H,1-2H3,(H,30,31). The predicted octanol–water partition coefficient (Wildman–Crippen LogP) is 6.24. The van der Waals surface area contributed by atoms with Crippen molar-refractivity contribution in [1.82, 2.24) is 9.97 Å². The van der Waals surface area contributed by atoms with E-state index in [0.717, 1.165) is 50.3 Å². The highest BCUT2D eigenvalue weighted by atomic mass is 16.5. The highest BCUT2D eigenvalue weighted by Gasteiger charge is 2.12. The summed E-state index contributed by atoms with van der Waals surface area (Å²) in [6.07, 6.45) is 0. The topological polar surface area (TPSA) is 55.0 Å². The number of aryl methyl sites for hydroxylation is 1. The van der Waals surface area contributed by atoms with Gasteiger partial charge in [0.2, 0.25) is 0 Å². The Balaban J connectivity index is 1.73. The Morgan fingerprint density at radius 1 is 0.750 bits per heavy atom. The van der Waals surface area contributed by atoms with Crippen molar-refractivity contribution in [3.8, 4) is 39.4 Å². The van der Waals surface area contributed by atoms with Crippen molar-refractivity contribution in [1.29, 1.82) is 0 Å². The second kappa shape index (κ2) is 8.16. The van der Waals surface area contributed by atoms with E-state index >= 15 is 0 Å². The second-order valence-electron chi connectivity index (χ2n) is 7.82. The Morgan fingerprint density at radius 3 is 2.12 bits per heavy atom. The lowest BCUT2D eigenvalue weighted by Gasteiger charge is -2.11. The number of rotatable bonds is 4. The third-order valence-corrected chi connectivity index (χ3v) is 5.59. The molecule has 0 saturated heterocycles. The molecule has 0 saturated carbocycles. The number of benzene rings is 3. The highest BCUT2D eigenvalue weighted by molar-refractivity contribution is 5.85. The maximum absolute atomic E-state index is 13.0. The molecule has 0 aliphatic heterocycles. The molecule has 0 aliphatic carbocycles. The van der Waals surface area contributed by atoms with E-state index in [0.29, 0.717) is 5.56 Å². The fourth-order valence-electron chi connectivity index (χ4n) is 3.89. The van der Waals surface area contributed by atoms with Crippen LogP contribution in [0.2, 0.25) is 0 Å². The van der Waals surface area contributed by atoms with Crippen LogP contribution in [0.5, 0.6) is 5.75 Å². The van der Waals surface area contributed by atoms with E-state index in [9.17, 15) is 4.79 Å². The summed E-state index contributed by atoms with van der Waals surface area (Å²) >= 11 is 0. The van der Waals surface area contributed by atoms with Gasteiger partial charge in [-0.1, -0.05) is 42.0 Å². The Labute approximate surface area is 186 Å². The molecule has 156 valence electrons. The number of hydrogen-bond acceptors (Lipinski definition) is 3. The van der Waals surface area contributed by atoms with Gasteiger partial charge in [0.05, 0.1) is 18.5 Å². The van der Waals surface area contributed by atoms with Crippen LogP contribution in [0, 0.1) is 6.92 Å². The van der Waals surface area contributed by atoms with E-state index in [-0.39, 0.29) is 5.56 Å². The molecule has 0 unspecified atom stereocenters. The average Bonchev–Trinajstić information content (AvgIpc) is 2.84. The van der Waals surface area contributed by atoms with Crippen molar-refractivity contribution < 1.29 is 4.74 Å². The minimum absolute atomic E-state index is 0.118. The van der Waals surface area contributed by atoms with Crippen molar-refractivity contribution >= 4 is 10.9 Å². The first-order valence-corrected chi connectivity index (χ1v) is 10.5. The van der Waals surface area contributed by atoms with Crippen molar-refractivity contribution in [2.24, 2.45) is 0 Å². The quantitative estimate of drug-likeness (QED) is 0.376. The van der Waals surface area contributed by atoms with Gasteiger partial charge >= 0.3 is 0 Å². The van der Waals surface area contributed by atoms with Crippen molar-refractivity contribution in [2.75, 3.05) is 7.11 Å². The molecule has 0 atom stereocenters. The van der Waals surface area contributed by atoms with Gasteiger partial charge < -0.3 is 9.72 Å². The summed E-state index contributed by atoms with van der Waals surface area (Å²) in [5, 5.41) is 1.00. The third kappa shape index (κ3) is 3.79. The molecule has 5 aromatic rings. The van der Waals surface area contributed by atoms with E-state index < -0.39 is 0 Å². The smallest absolute Gasteiger partial charge is 0.256 e. The second-order valence-corrected chi connectivity index (χ2v) is 7.82. The van der Waals surface area contributed by atoms with Crippen molar-refractivity contribution in [3.05, 3.63) is 107 Å². The summed E-state index contributed by atoms with van der Waals surface area (Å²) in [6.45, 7) is 2.05. The van der Waals surface area contributed by atoms with Gasteiger partial charge in [-0.15, -0.1) is 0 Å². The van der Waals surface area contributed by atoms with Crippen molar-refractivity contribution in [3.63, 3.8) is 0 Å². The zero-order valence-electron chi connectivity index (χ0n) is 17.9. The Hall–Kier alpha value is -4.18. The fraction of sp³-hybridized carbons (Fsp3) is 0.0714. The van der Waals surface area contributed by atoms with E-state index in [2.05, 4.69) is 11.1 Å². The summed E-state index contributed by atoms with van der Waals surface area (Å²) in [6, 6.07) is 29.7. The molecule has 4 heteroatoms. The minimum atomic E-state index is -0.118.